The van der Waals surface area contributed by atoms with Crippen molar-refractivity contribution in [2.45, 2.75) is 33.3 Å². The fourth-order valence-electron chi connectivity index (χ4n) is 2.39. The molecule has 0 aliphatic carbocycles. The molecule has 0 spiro atoms. The highest BCUT2D eigenvalue weighted by atomic mass is 16.6. The number of amides is 1. The maximum absolute atomic E-state index is 12.8. The first-order valence-corrected chi connectivity index (χ1v) is 7.71. The standard InChI is InChI=1S/C18H24N4O2/c1-12(2)16(19-6)22(17(23)24-18(3,4)5)14-8-9-15-13(10-14)11-20-21(15)7/h8-11H,1H2,2-7H3. The number of aryl methyl sites for hydroxylation is 1. The predicted octanol–water partition coefficient (Wildman–Crippen LogP) is 3.92. The summed E-state index contributed by atoms with van der Waals surface area (Å²) in [5, 5.41) is 5.17. The van der Waals surface area contributed by atoms with Crippen LogP contribution in [0.25, 0.3) is 10.9 Å². The van der Waals surface area contributed by atoms with Gasteiger partial charge in [-0.05, 0) is 51.5 Å². The van der Waals surface area contributed by atoms with Crippen molar-refractivity contribution >= 4 is 28.5 Å². The van der Waals surface area contributed by atoms with Crippen molar-refractivity contribution < 1.29 is 9.53 Å². The van der Waals surface area contributed by atoms with Gasteiger partial charge in [-0.2, -0.15) is 5.10 Å². The van der Waals surface area contributed by atoms with Crippen molar-refractivity contribution in [2.24, 2.45) is 12.0 Å². The van der Waals surface area contributed by atoms with Crippen LogP contribution >= 0.6 is 0 Å². The van der Waals surface area contributed by atoms with Crippen LogP contribution in [-0.4, -0.2) is 34.4 Å². The molecule has 0 aliphatic rings. The van der Waals surface area contributed by atoms with E-state index in [-0.39, 0.29) is 0 Å². The van der Waals surface area contributed by atoms with Crippen molar-refractivity contribution in [3.8, 4) is 0 Å². The van der Waals surface area contributed by atoms with Gasteiger partial charge in [0.15, 0.2) is 0 Å². The third kappa shape index (κ3) is 3.64. The molecule has 0 saturated carbocycles. The van der Waals surface area contributed by atoms with Gasteiger partial charge in [0, 0.05) is 19.5 Å². The summed E-state index contributed by atoms with van der Waals surface area (Å²) < 4.78 is 7.33. The molecule has 0 atom stereocenters. The van der Waals surface area contributed by atoms with Crippen LogP contribution in [0.4, 0.5) is 10.5 Å². The number of hydrogen-bond donors (Lipinski definition) is 0. The molecule has 0 aliphatic heterocycles. The average Bonchev–Trinajstić information content (AvgIpc) is 2.83. The second kappa shape index (κ2) is 6.47. The van der Waals surface area contributed by atoms with Crippen LogP contribution in [0.2, 0.25) is 0 Å². The fourth-order valence-corrected chi connectivity index (χ4v) is 2.39. The normalized spacial score (nSPS) is 12.3. The molecular formula is C18H24N4O2. The van der Waals surface area contributed by atoms with Crippen LogP contribution in [0.15, 0.2) is 41.5 Å². The number of hydrogen-bond acceptors (Lipinski definition) is 4. The first-order chi connectivity index (χ1) is 11.1. The van der Waals surface area contributed by atoms with Crippen molar-refractivity contribution in [1.29, 1.82) is 0 Å². The maximum Gasteiger partial charge on any atom is 0.420 e. The zero-order valence-corrected chi connectivity index (χ0v) is 15.1. The minimum absolute atomic E-state index is 0.465. The summed E-state index contributed by atoms with van der Waals surface area (Å²) in [6.45, 7) is 11.2. The van der Waals surface area contributed by atoms with Gasteiger partial charge in [0.1, 0.15) is 11.4 Å². The summed E-state index contributed by atoms with van der Waals surface area (Å²) in [5.41, 5.74) is 1.71. The Morgan fingerprint density at radius 3 is 2.58 bits per heavy atom. The topological polar surface area (TPSA) is 59.7 Å². The van der Waals surface area contributed by atoms with Crippen molar-refractivity contribution in [2.75, 3.05) is 11.9 Å². The van der Waals surface area contributed by atoms with E-state index in [9.17, 15) is 4.79 Å². The first-order valence-electron chi connectivity index (χ1n) is 7.71. The number of carbonyl (C=O) groups is 1. The van der Waals surface area contributed by atoms with Gasteiger partial charge in [-0.15, -0.1) is 0 Å². The molecule has 0 saturated heterocycles. The maximum atomic E-state index is 12.8. The van der Waals surface area contributed by atoms with Crippen LogP contribution in [0.1, 0.15) is 27.7 Å². The molecule has 1 amide bonds. The van der Waals surface area contributed by atoms with E-state index in [0.717, 1.165) is 10.9 Å². The van der Waals surface area contributed by atoms with E-state index in [2.05, 4.69) is 16.7 Å². The smallest absolute Gasteiger partial charge is 0.420 e. The van der Waals surface area contributed by atoms with E-state index < -0.39 is 11.7 Å². The van der Waals surface area contributed by atoms with Crippen molar-refractivity contribution in [3.63, 3.8) is 0 Å². The summed E-state index contributed by atoms with van der Waals surface area (Å²) in [6, 6.07) is 5.66. The highest BCUT2D eigenvalue weighted by Gasteiger charge is 2.27. The largest absolute Gasteiger partial charge is 0.443 e. The summed E-state index contributed by atoms with van der Waals surface area (Å²) in [5.74, 6) is 0.465. The lowest BCUT2D eigenvalue weighted by atomic mass is 10.2. The lowest BCUT2D eigenvalue weighted by Crippen LogP contribution is -2.41. The molecule has 2 aromatic rings. The van der Waals surface area contributed by atoms with Gasteiger partial charge >= 0.3 is 6.09 Å². The summed E-state index contributed by atoms with van der Waals surface area (Å²) in [6.07, 6.45) is 1.27. The van der Waals surface area contributed by atoms with Crippen LogP contribution < -0.4 is 4.90 Å². The number of benzene rings is 1. The number of ether oxygens (including phenoxy) is 1. The zero-order valence-electron chi connectivity index (χ0n) is 15.1. The number of aromatic nitrogens is 2. The molecule has 0 N–H and O–H groups in total. The van der Waals surface area contributed by atoms with Crippen molar-refractivity contribution in [3.05, 3.63) is 36.5 Å². The molecule has 0 bridgehead atoms. The number of carbonyl (C=O) groups excluding carboxylic acids is 1. The Bertz CT molecular complexity index is 812. The molecule has 2 rings (SSSR count). The van der Waals surface area contributed by atoms with Gasteiger partial charge in [-0.1, -0.05) is 6.58 Å². The fraction of sp³-hybridized carbons (Fsp3) is 0.389. The summed E-state index contributed by atoms with van der Waals surface area (Å²) >= 11 is 0. The Balaban J connectivity index is 2.54. The Hall–Kier alpha value is -2.63. The van der Waals surface area contributed by atoms with E-state index in [1.807, 2.05) is 52.9 Å². The number of anilines is 1. The predicted molar refractivity (Wildman–Crippen MR) is 97.6 cm³/mol. The molecule has 24 heavy (non-hydrogen) atoms. The lowest BCUT2D eigenvalue weighted by molar-refractivity contribution is 0.0604. The van der Waals surface area contributed by atoms with E-state index in [1.54, 1.807) is 17.9 Å². The SMILES string of the molecule is C=C(C)C(=NC)N(C(=O)OC(C)(C)C)c1ccc2c(cnn2C)c1. The van der Waals surface area contributed by atoms with Crippen LogP contribution in [0, 0.1) is 0 Å². The Morgan fingerprint density at radius 1 is 1.38 bits per heavy atom. The third-order valence-electron chi connectivity index (χ3n) is 3.37. The Morgan fingerprint density at radius 2 is 2.04 bits per heavy atom. The monoisotopic (exact) mass is 328 g/mol. The second-order valence-electron chi connectivity index (χ2n) is 6.65. The molecule has 1 aromatic carbocycles. The van der Waals surface area contributed by atoms with Crippen LogP contribution in [0.3, 0.4) is 0 Å². The highest BCUT2D eigenvalue weighted by molar-refractivity contribution is 6.21. The zero-order chi connectivity index (χ0) is 18.1. The second-order valence-corrected chi connectivity index (χ2v) is 6.65. The molecule has 1 aromatic heterocycles. The van der Waals surface area contributed by atoms with E-state index >= 15 is 0 Å². The van der Waals surface area contributed by atoms with Crippen molar-refractivity contribution in [1.82, 2.24) is 9.78 Å². The van der Waals surface area contributed by atoms with Gasteiger partial charge in [0.2, 0.25) is 0 Å². The quantitative estimate of drug-likeness (QED) is 0.620. The van der Waals surface area contributed by atoms with Crippen LogP contribution in [-0.2, 0) is 11.8 Å². The first kappa shape index (κ1) is 17.7. The number of fused-ring (bicyclic) bond motifs is 1. The number of amidine groups is 1. The highest BCUT2D eigenvalue weighted by Crippen LogP contribution is 2.25. The molecule has 6 nitrogen and oxygen atoms in total. The number of aliphatic imine (C=N–C) groups is 1. The van der Waals surface area contributed by atoms with Gasteiger partial charge in [-0.3, -0.25) is 9.67 Å². The minimum atomic E-state index is -0.609. The van der Waals surface area contributed by atoms with E-state index in [4.69, 9.17) is 4.74 Å². The summed E-state index contributed by atoms with van der Waals surface area (Å²) in [4.78, 5) is 18.4. The van der Waals surface area contributed by atoms with Crippen LogP contribution in [0.5, 0.6) is 0 Å². The average molecular weight is 328 g/mol. The third-order valence-corrected chi connectivity index (χ3v) is 3.37. The summed E-state index contributed by atoms with van der Waals surface area (Å²) in [7, 11) is 3.50. The van der Waals surface area contributed by atoms with Gasteiger partial charge in [-0.25, -0.2) is 9.69 Å². The van der Waals surface area contributed by atoms with E-state index in [1.165, 1.54) is 4.90 Å². The molecule has 0 unspecified atom stereocenters. The minimum Gasteiger partial charge on any atom is -0.443 e. The number of nitrogens with zero attached hydrogens (tertiary/aromatic N) is 4. The van der Waals surface area contributed by atoms with Gasteiger partial charge in [0.25, 0.3) is 0 Å². The molecule has 0 fully saturated rings. The van der Waals surface area contributed by atoms with E-state index in [0.29, 0.717) is 17.1 Å². The van der Waals surface area contributed by atoms with Gasteiger partial charge < -0.3 is 4.74 Å². The lowest BCUT2D eigenvalue weighted by Gasteiger charge is -2.28. The Labute approximate surface area is 142 Å². The molecule has 128 valence electrons. The molecule has 1 heterocycles. The molecular weight excluding hydrogens is 304 g/mol. The van der Waals surface area contributed by atoms with Gasteiger partial charge in [0.05, 0.1) is 17.4 Å². The number of rotatable bonds is 2. The Kier molecular flexibility index (Phi) is 4.78. The molecule has 6 heteroatoms. The molecule has 0 radical (unpaired) electrons.